The smallest absolute Gasteiger partial charge is 0.422 e. The van der Waals surface area contributed by atoms with E-state index in [1.54, 1.807) is 52.7 Å². The fourth-order valence-corrected chi connectivity index (χ4v) is 4.77. The van der Waals surface area contributed by atoms with Crippen LogP contribution < -0.4 is 16.1 Å². The highest BCUT2D eigenvalue weighted by Crippen LogP contribution is 2.21. The second-order valence-electron chi connectivity index (χ2n) is 13.3. The number of aliphatic hydroxyl groups is 2. The zero-order valence-electron chi connectivity index (χ0n) is 27.5. The molecule has 0 aliphatic heterocycles. The molecule has 46 heavy (non-hydrogen) atoms. The minimum Gasteiger partial charge on any atom is -0.443 e. The van der Waals surface area contributed by atoms with Gasteiger partial charge in [0, 0.05) is 24.8 Å². The summed E-state index contributed by atoms with van der Waals surface area (Å²) in [6.07, 6.45) is 0.151. The molecule has 0 radical (unpaired) electrons. The van der Waals surface area contributed by atoms with Gasteiger partial charge < -0.3 is 25.6 Å². The molecular weight excluding hydrogens is 586 g/mol. The number of nitrogens with one attached hydrogen (secondary N) is 3. The standard InChI is InChI=1S/C35H47N5O6/c1-34(2,3)31(38-30(43)23-41)32(44)37-28(20-24-12-8-7-9-13-24)29(42)22-40(39-33(45)46-35(4,5)6)21-25-15-17-26(18-16-25)27-14-10-11-19-36-27/h7-19,28-29,31,41-42H,20-23H2,1-6H3,(H,37,44)(H,38,43)(H,39,45)/t28-,29-,31+/m0/s1. The van der Waals surface area contributed by atoms with Crippen LogP contribution in [0.5, 0.6) is 0 Å². The molecule has 0 unspecified atom stereocenters. The summed E-state index contributed by atoms with van der Waals surface area (Å²) >= 11 is 0. The molecule has 11 nitrogen and oxygen atoms in total. The monoisotopic (exact) mass is 633 g/mol. The van der Waals surface area contributed by atoms with Gasteiger partial charge in [-0.05, 0) is 55.9 Å². The normalized spacial score (nSPS) is 13.8. The molecule has 0 aliphatic rings. The number of nitrogens with zero attached hydrogens (tertiary/aromatic N) is 2. The first-order valence-electron chi connectivity index (χ1n) is 15.3. The van der Waals surface area contributed by atoms with Crippen LogP contribution in [0.15, 0.2) is 79.0 Å². The Morgan fingerprint density at radius 2 is 1.52 bits per heavy atom. The van der Waals surface area contributed by atoms with Crippen LogP contribution in [0.4, 0.5) is 4.79 Å². The van der Waals surface area contributed by atoms with Crippen molar-refractivity contribution in [1.82, 2.24) is 26.1 Å². The Hall–Kier alpha value is -4.32. The molecule has 3 rings (SSSR count). The molecule has 5 N–H and O–H groups in total. The molecule has 248 valence electrons. The van der Waals surface area contributed by atoms with Crippen LogP contribution in [0.3, 0.4) is 0 Å². The Labute approximate surface area is 271 Å². The number of pyridine rings is 1. The topological polar surface area (TPSA) is 153 Å². The van der Waals surface area contributed by atoms with Crippen LogP contribution in [0, 0.1) is 5.41 Å². The van der Waals surface area contributed by atoms with Gasteiger partial charge in [0.25, 0.3) is 0 Å². The number of benzene rings is 2. The molecule has 3 amide bonds. The molecule has 1 aromatic heterocycles. The van der Waals surface area contributed by atoms with Crippen molar-refractivity contribution < 1.29 is 29.3 Å². The first-order chi connectivity index (χ1) is 21.6. The van der Waals surface area contributed by atoms with Crippen LogP contribution in [0.25, 0.3) is 11.3 Å². The summed E-state index contributed by atoms with van der Waals surface area (Å²) in [5, 5.41) is 28.0. The van der Waals surface area contributed by atoms with E-state index in [2.05, 4.69) is 21.0 Å². The quantitative estimate of drug-likeness (QED) is 0.179. The maximum Gasteiger partial charge on any atom is 0.422 e. The van der Waals surface area contributed by atoms with Gasteiger partial charge in [-0.2, -0.15) is 0 Å². The Bertz CT molecular complexity index is 1410. The fourth-order valence-electron chi connectivity index (χ4n) is 4.77. The van der Waals surface area contributed by atoms with Gasteiger partial charge in [0.15, 0.2) is 0 Å². The number of carbonyl (C=O) groups is 3. The van der Waals surface area contributed by atoms with Crippen LogP contribution in [-0.2, 0) is 27.3 Å². The van der Waals surface area contributed by atoms with Gasteiger partial charge in [0.2, 0.25) is 11.8 Å². The third-order valence-electron chi connectivity index (χ3n) is 7.01. The molecule has 0 saturated carbocycles. The second kappa shape index (κ2) is 16.3. The van der Waals surface area contributed by atoms with E-state index < -0.39 is 53.7 Å². The number of hydrazine groups is 1. The van der Waals surface area contributed by atoms with Crippen molar-refractivity contribution in [2.24, 2.45) is 5.41 Å². The SMILES string of the molecule is CC(C)(C)OC(=O)NN(Cc1ccc(-c2ccccn2)cc1)C[C@H](O)[C@H](Cc1ccccc1)NC(=O)[C@@H](NC(=O)CO)C(C)(C)C. The van der Waals surface area contributed by atoms with Gasteiger partial charge in [-0.25, -0.2) is 9.80 Å². The highest BCUT2D eigenvalue weighted by atomic mass is 16.6. The lowest BCUT2D eigenvalue weighted by Gasteiger charge is -2.34. The number of carbonyl (C=O) groups excluding carboxylic acids is 3. The molecule has 1 heterocycles. The third-order valence-corrected chi connectivity index (χ3v) is 7.01. The van der Waals surface area contributed by atoms with Crippen molar-refractivity contribution >= 4 is 17.9 Å². The van der Waals surface area contributed by atoms with Gasteiger partial charge in [0.1, 0.15) is 18.2 Å². The van der Waals surface area contributed by atoms with E-state index in [1.807, 2.05) is 72.8 Å². The lowest BCUT2D eigenvalue weighted by Crippen LogP contribution is -2.59. The summed E-state index contributed by atoms with van der Waals surface area (Å²) in [6.45, 7) is 10.1. The van der Waals surface area contributed by atoms with Crippen molar-refractivity contribution in [2.45, 2.75) is 78.3 Å². The summed E-state index contributed by atoms with van der Waals surface area (Å²) in [4.78, 5) is 42.9. The van der Waals surface area contributed by atoms with Crippen LogP contribution >= 0.6 is 0 Å². The van der Waals surface area contributed by atoms with Crippen molar-refractivity contribution in [3.8, 4) is 11.3 Å². The number of hydrogen-bond donors (Lipinski definition) is 5. The summed E-state index contributed by atoms with van der Waals surface area (Å²) in [6, 6.07) is 21.0. The van der Waals surface area contributed by atoms with E-state index in [-0.39, 0.29) is 19.5 Å². The van der Waals surface area contributed by atoms with Gasteiger partial charge in [-0.15, -0.1) is 0 Å². The van der Waals surface area contributed by atoms with E-state index in [0.29, 0.717) is 0 Å². The summed E-state index contributed by atoms with van der Waals surface area (Å²) < 4.78 is 5.49. The summed E-state index contributed by atoms with van der Waals surface area (Å²) in [5.74, 6) is -1.19. The predicted molar refractivity (Wildman–Crippen MR) is 176 cm³/mol. The molecule has 3 aromatic rings. The van der Waals surface area contributed by atoms with Crippen LogP contribution in [-0.4, -0.2) is 75.1 Å². The number of hydrogen-bond acceptors (Lipinski definition) is 8. The molecule has 2 aromatic carbocycles. The average molecular weight is 634 g/mol. The highest BCUT2D eigenvalue weighted by Gasteiger charge is 2.35. The number of amides is 3. The molecule has 11 heteroatoms. The Morgan fingerprint density at radius 3 is 2.09 bits per heavy atom. The molecule has 0 fully saturated rings. The lowest BCUT2D eigenvalue weighted by molar-refractivity contribution is -0.133. The lowest BCUT2D eigenvalue weighted by atomic mass is 9.85. The Kier molecular flexibility index (Phi) is 12.8. The Balaban J connectivity index is 1.87. The molecule has 3 atom stereocenters. The molecule has 0 spiro atoms. The maximum atomic E-state index is 13.6. The number of aromatic nitrogens is 1. The average Bonchev–Trinajstić information content (AvgIpc) is 2.99. The largest absolute Gasteiger partial charge is 0.443 e. The number of ether oxygens (including phenoxy) is 1. The fraction of sp³-hybridized carbons (Fsp3) is 0.429. The third kappa shape index (κ3) is 11.9. The number of rotatable bonds is 13. The van der Waals surface area contributed by atoms with E-state index in [1.165, 1.54) is 0 Å². The number of aliphatic hydroxyl groups excluding tert-OH is 2. The van der Waals surface area contributed by atoms with E-state index in [0.717, 1.165) is 22.4 Å². The first-order valence-corrected chi connectivity index (χ1v) is 15.3. The molecular formula is C35H47N5O6. The predicted octanol–water partition coefficient (Wildman–Crippen LogP) is 3.60. The highest BCUT2D eigenvalue weighted by molar-refractivity contribution is 5.88. The van der Waals surface area contributed by atoms with E-state index in [9.17, 15) is 24.6 Å². The summed E-state index contributed by atoms with van der Waals surface area (Å²) in [7, 11) is 0. The van der Waals surface area contributed by atoms with Crippen molar-refractivity contribution in [1.29, 1.82) is 0 Å². The van der Waals surface area contributed by atoms with E-state index in [4.69, 9.17) is 4.74 Å². The maximum absolute atomic E-state index is 13.6. The van der Waals surface area contributed by atoms with E-state index >= 15 is 0 Å². The van der Waals surface area contributed by atoms with Crippen molar-refractivity contribution in [3.05, 3.63) is 90.1 Å². The van der Waals surface area contributed by atoms with Gasteiger partial charge in [-0.3, -0.25) is 20.0 Å². The van der Waals surface area contributed by atoms with Gasteiger partial charge in [-0.1, -0.05) is 81.4 Å². The van der Waals surface area contributed by atoms with Gasteiger partial charge >= 0.3 is 6.09 Å². The second-order valence-corrected chi connectivity index (χ2v) is 13.3. The molecule has 0 aliphatic carbocycles. The zero-order valence-corrected chi connectivity index (χ0v) is 27.5. The zero-order chi connectivity index (χ0) is 33.9. The molecule has 0 saturated heterocycles. The van der Waals surface area contributed by atoms with Crippen molar-refractivity contribution in [2.75, 3.05) is 13.2 Å². The molecule has 0 bridgehead atoms. The van der Waals surface area contributed by atoms with Gasteiger partial charge in [0.05, 0.1) is 17.8 Å². The first kappa shape index (κ1) is 36.2. The summed E-state index contributed by atoms with van der Waals surface area (Å²) in [5.41, 5.74) is 4.80. The Morgan fingerprint density at radius 1 is 0.870 bits per heavy atom. The minimum absolute atomic E-state index is 0.0673. The van der Waals surface area contributed by atoms with Crippen molar-refractivity contribution in [3.63, 3.8) is 0 Å². The minimum atomic E-state index is -1.17. The van der Waals surface area contributed by atoms with Crippen LogP contribution in [0.1, 0.15) is 52.7 Å². The van der Waals surface area contributed by atoms with Crippen LogP contribution in [0.2, 0.25) is 0 Å².